The van der Waals surface area contributed by atoms with Crippen LogP contribution >= 0.6 is 11.6 Å². The van der Waals surface area contributed by atoms with Gasteiger partial charge in [-0.3, -0.25) is 9.20 Å². The van der Waals surface area contributed by atoms with Gasteiger partial charge in [0.15, 0.2) is 5.69 Å². The van der Waals surface area contributed by atoms with Gasteiger partial charge in [0.2, 0.25) is 0 Å². The summed E-state index contributed by atoms with van der Waals surface area (Å²) in [6.07, 6.45) is 6.72. The number of halogens is 1. The van der Waals surface area contributed by atoms with E-state index in [0.717, 1.165) is 37.1 Å². The zero-order valence-corrected chi connectivity index (χ0v) is 19.4. The first-order valence-corrected chi connectivity index (χ1v) is 11.6. The molecule has 0 unspecified atom stereocenters. The molecule has 0 bridgehead atoms. The Hall–Kier alpha value is -3.13. The largest absolute Gasteiger partial charge is 0.476 e. The fraction of sp³-hybridized carbons (Fsp3) is 0.417. The lowest BCUT2D eigenvalue weighted by Crippen LogP contribution is -2.36. The SMILES string of the molecule is Cc1cc([C@@H](C)Nc2ccc(Cl)nc2C(=O)O)c2nc(N3CCC4(CC3)CC4)cc(=O)n2c1. The number of pyridine rings is 2. The van der Waals surface area contributed by atoms with Gasteiger partial charge in [0.25, 0.3) is 5.56 Å². The van der Waals surface area contributed by atoms with Gasteiger partial charge in [0, 0.05) is 30.9 Å². The lowest BCUT2D eigenvalue weighted by atomic mass is 9.94. The molecule has 8 nitrogen and oxygen atoms in total. The molecule has 33 heavy (non-hydrogen) atoms. The third-order valence-corrected chi connectivity index (χ3v) is 7.13. The van der Waals surface area contributed by atoms with Crippen molar-refractivity contribution in [3.8, 4) is 0 Å². The van der Waals surface area contributed by atoms with Crippen molar-refractivity contribution in [1.82, 2.24) is 14.4 Å². The van der Waals surface area contributed by atoms with Gasteiger partial charge in [-0.2, -0.15) is 0 Å². The topological polar surface area (TPSA) is 99.8 Å². The number of rotatable bonds is 5. The molecule has 0 radical (unpaired) electrons. The first-order chi connectivity index (χ1) is 15.7. The van der Waals surface area contributed by atoms with E-state index in [1.165, 1.54) is 12.8 Å². The highest BCUT2D eigenvalue weighted by Crippen LogP contribution is 2.53. The van der Waals surface area contributed by atoms with Gasteiger partial charge < -0.3 is 15.3 Å². The summed E-state index contributed by atoms with van der Waals surface area (Å²) in [5, 5.41) is 12.9. The van der Waals surface area contributed by atoms with Crippen LogP contribution in [0.15, 0.2) is 35.3 Å². The van der Waals surface area contributed by atoms with Gasteiger partial charge in [0.1, 0.15) is 16.6 Å². The van der Waals surface area contributed by atoms with E-state index < -0.39 is 5.97 Å². The van der Waals surface area contributed by atoms with Crippen molar-refractivity contribution < 1.29 is 9.90 Å². The Morgan fingerprint density at radius 1 is 1.18 bits per heavy atom. The van der Waals surface area contributed by atoms with Crippen molar-refractivity contribution in [2.45, 2.75) is 45.6 Å². The van der Waals surface area contributed by atoms with Crippen LogP contribution < -0.4 is 15.8 Å². The van der Waals surface area contributed by atoms with Crippen LogP contribution in [0.2, 0.25) is 5.15 Å². The molecule has 1 aliphatic heterocycles. The summed E-state index contributed by atoms with van der Waals surface area (Å²) in [6, 6.07) is 6.40. The number of carbonyl (C=O) groups is 1. The van der Waals surface area contributed by atoms with Gasteiger partial charge in [-0.15, -0.1) is 0 Å². The maximum atomic E-state index is 13.0. The van der Waals surface area contributed by atoms with E-state index in [4.69, 9.17) is 16.6 Å². The Bertz CT molecular complexity index is 1310. The summed E-state index contributed by atoms with van der Waals surface area (Å²) in [6.45, 7) is 5.65. The number of hydrogen-bond acceptors (Lipinski definition) is 6. The first-order valence-electron chi connectivity index (χ1n) is 11.2. The minimum atomic E-state index is -1.17. The molecule has 3 aromatic rings. The third-order valence-electron chi connectivity index (χ3n) is 6.92. The molecular formula is C24H26ClN5O3. The zero-order valence-electron chi connectivity index (χ0n) is 18.6. The van der Waals surface area contributed by atoms with Crippen molar-refractivity contribution in [1.29, 1.82) is 0 Å². The van der Waals surface area contributed by atoms with Crippen LogP contribution in [0.5, 0.6) is 0 Å². The van der Waals surface area contributed by atoms with Crippen molar-refractivity contribution in [3.63, 3.8) is 0 Å². The molecule has 3 aromatic heterocycles. The van der Waals surface area contributed by atoms with E-state index in [1.54, 1.807) is 28.8 Å². The predicted octanol–water partition coefficient (Wildman–Crippen LogP) is 4.30. The van der Waals surface area contributed by atoms with Crippen LogP contribution in [0, 0.1) is 12.3 Å². The van der Waals surface area contributed by atoms with Crippen molar-refractivity contribution in [2.75, 3.05) is 23.3 Å². The molecule has 2 fully saturated rings. The molecule has 4 heterocycles. The molecule has 172 valence electrons. The Balaban J connectivity index is 1.53. The van der Waals surface area contributed by atoms with E-state index >= 15 is 0 Å². The fourth-order valence-corrected chi connectivity index (χ4v) is 4.90. The lowest BCUT2D eigenvalue weighted by Gasteiger charge is -2.33. The molecule has 5 rings (SSSR count). The van der Waals surface area contributed by atoms with Crippen LogP contribution in [-0.4, -0.2) is 38.5 Å². The van der Waals surface area contributed by atoms with Gasteiger partial charge in [-0.1, -0.05) is 11.6 Å². The average Bonchev–Trinajstić information content (AvgIpc) is 3.54. The van der Waals surface area contributed by atoms with Crippen LogP contribution in [-0.2, 0) is 0 Å². The monoisotopic (exact) mass is 467 g/mol. The number of carboxylic acids is 1. The summed E-state index contributed by atoms with van der Waals surface area (Å²) < 4.78 is 1.57. The Kier molecular flexibility index (Phi) is 5.28. The summed E-state index contributed by atoms with van der Waals surface area (Å²) in [5.74, 6) is -0.469. The first kappa shape index (κ1) is 21.7. The normalized spacial score (nSPS) is 17.8. The van der Waals surface area contributed by atoms with Crippen LogP contribution in [0.25, 0.3) is 5.65 Å². The molecule has 1 aliphatic carbocycles. The summed E-state index contributed by atoms with van der Waals surface area (Å²) in [7, 11) is 0. The predicted molar refractivity (Wildman–Crippen MR) is 128 cm³/mol. The number of nitrogens with zero attached hydrogens (tertiary/aromatic N) is 4. The molecular weight excluding hydrogens is 442 g/mol. The number of aryl methyl sites for hydroxylation is 1. The van der Waals surface area contributed by atoms with Gasteiger partial charge >= 0.3 is 5.97 Å². The minimum absolute atomic E-state index is 0.110. The number of nitrogens with one attached hydrogen (secondary N) is 1. The molecule has 0 amide bonds. The zero-order chi connectivity index (χ0) is 23.3. The van der Waals surface area contributed by atoms with E-state index in [9.17, 15) is 14.7 Å². The number of anilines is 2. The highest BCUT2D eigenvalue weighted by Gasteiger charge is 2.44. The van der Waals surface area contributed by atoms with Gasteiger partial charge in [-0.25, -0.2) is 14.8 Å². The van der Waals surface area contributed by atoms with E-state index in [1.807, 2.05) is 19.9 Å². The van der Waals surface area contributed by atoms with E-state index in [-0.39, 0.29) is 22.4 Å². The van der Waals surface area contributed by atoms with Crippen LogP contribution in [0.3, 0.4) is 0 Å². The molecule has 1 saturated heterocycles. The van der Waals surface area contributed by atoms with Gasteiger partial charge in [0.05, 0.1) is 11.7 Å². The molecule has 1 spiro atoms. The van der Waals surface area contributed by atoms with E-state index in [0.29, 0.717) is 22.6 Å². The molecule has 2 N–H and O–H groups in total. The van der Waals surface area contributed by atoms with Crippen molar-refractivity contribution in [2.24, 2.45) is 5.41 Å². The van der Waals surface area contributed by atoms with Crippen LogP contribution in [0.1, 0.15) is 60.3 Å². The maximum absolute atomic E-state index is 13.0. The number of aromatic nitrogens is 3. The van der Waals surface area contributed by atoms with Crippen molar-refractivity contribution >= 4 is 34.7 Å². The third kappa shape index (κ3) is 4.15. The Morgan fingerprint density at radius 3 is 2.58 bits per heavy atom. The van der Waals surface area contributed by atoms with Crippen LogP contribution in [0.4, 0.5) is 11.5 Å². The number of carboxylic acid groups (broad SMARTS) is 1. The Morgan fingerprint density at radius 2 is 1.91 bits per heavy atom. The second-order valence-corrected chi connectivity index (χ2v) is 9.69. The summed E-state index contributed by atoms with van der Waals surface area (Å²) in [4.78, 5) is 35.7. The number of fused-ring (bicyclic) bond motifs is 1. The average molecular weight is 468 g/mol. The second-order valence-electron chi connectivity index (χ2n) is 9.31. The van der Waals surface area contributed by atoms with Crippen molar-refractivity contribution in [3.05, 3.63) is 62.8 Å². The number of piperidine rings is 1. The van der Waals surface area contributed by atoms with E-state index in [2.05, 4.69) is 15.2 Å². The molecule has 1 atom stereocenters. The molecule has 1 saturated carbocycles. The fourth-order valence-electron chi connectivity index (χ4n) is 4.75. The number of hydrogen-bond donors (Lipinski definition) is 2. The highest BCUT2D eigenvalue weighted by molar-refractivity contribution is 6.29. The standard InChI is InChI=1S/C24H26ClN5O3/c1-14-11-16(15(2)26-17-3-4-18(25)27-21(17)23(32)33)22-28-19(12-20(31)30(22)13-14)29-9-7-24(5-6-24)8-10-29/h3-4,11-13,15,26H,5-10H2,1-2H3,(H,32,33)/t15-/m1/s1. The highest BCUT2D eigenvalue weighted by atomic mass is 35.5. The lowest BCUT2D eigenvalue weighted by molar-refractivity contribution is 0.0691. The smallest absolute Gasteiger partial charge is 0.356 e. The molecule has 9 heteroatoms. The Labute approximate surface area is 196 Å². The summed E-state index contributed by atoms with van der Waals surface area (Å²) in [5.41, 5.74) is 2.88. The second kappa shape index (κ2) is 8.02. The summed E-state index contributed by atoms with van der Waals surface area (Å²) >= 11 is 5.89. The number of aromatic carboxylic acids is 1. The van der Waals surface area contributed by atoms with Gasteiger partial charge in [-0.05, 0) is 68.7 Å². The molecule has 0 aromatic carbocycles. The quantitative estimate of drug-likeness (QED) is 0.539. The minimum Gasteiger partial charge on any atom is -0.476 e. The maximum Gasteiger partial charge on any atom is 0.356 e. The molecule has 2 aliphatic rings.